The molecule has 0 N–H and O–H groups in total. The van der Waals surface area contributed by atoms with Crippen LogP contribution in [0.4, 0.5) is 0 Å². The van der Waals surface area contributed by atoms with Crippen LogP contribution in [0.25, 0.3) is 0 Å². The van der Waals surface area contributed by atoms with E-state index >= 15 is 0 Å². The number of esters is 3. The van der Waals surface area contributed by atoms with Crippen LogP contribution in [0.2, 0.25) is 0 Å². The second kappa shape index (κ2) is 48.6. The molecule has 0 saturated carbocycles. The van der Waals surface area contributed by atoms with Crippen molar-refractivity contribution < 1.29 is 28.6 Å². The minimum absolute atomic E-state index is 0.0709. The van der Waals surface area contributed by atoms with Crippen molar-refractivity contribution in [2.45, 2.75) is 284 Å². The summed E-state index contributed by atoms with van der Waals surface area (Å²) < 4.78 is 16.8. The molecule has 1 atom stereocenters. The number of carbonyl (C=O) groups is 3. The summed E-state index contributed by atoms with van der Waals surface area (Å²) in [4.78, 5) is 37.9. The quantitative estimate of drug-likeness (QED) is 0.0263. The third-order valence-electron chi connectivity index (χ3n) is 11.5. The molecule has 0 saturated heterocycles. The number of hydrogen-bond donors (Lipinski definition) is 0. The van der Waals surface area contributed by atoms with Crippen LogP contribution >= 0.6 is 0 Å². The molecule has 0 spiro atoms. The largest absolute Gasteiger partial charge is 0.462 e. The minimum Gasteiger partial charge on any atom is -0.462 e. The van der Waals surface area contributed by atoms with E-state index in [1.807, 2.05) is 0 Å². The molecule has 0 aromatic carbocycles. The van der Waals surface area contributed by atoms with E-state index in [0.717, 1.165) is 77.0 Å². The van der Waals surface area contributed by atoms with Crippen molar-refractivity contribution in [1.29, 1.82) is 0 Å². The molecule has 6 nitrogen and oxygen atoms in total. The molecule has 0 aromatic heterocycles. The van der Waals surface area contributed by atoms with Crippen LogP contribution in [-0.4, -0.2) is 37.2 Å². The topological polar surface area (TPSA) is 78.9 Å². The van der Waals surface area contributed by atoms with E-state index in [2.05, 4.69) is 45.1 Å². The van der Waals surface area contributed by atoms with Crippen LogP contribution in [-0.2, 0) is 28.6 Å². The Morgan fingerprint density at radius 3 is 0.966 bits per heavy atom. The normalized spacial score (nSPS) is 12.1. The summed E-state index contributed by atoms with van der Waals surface area (Å²) in [6, 6.07) is 0. The molecule has 0 aromatic rings. The number of hydrogen-bond acceptors (Lipinski definition) is 6. The van der Waals surface area contributed by atoms with Crippen molar-refractivity contribution >= 4 is 17.9 Å². The summed E-state index contributed by atoms with van der Waals surface area (Å²) in [5, 5.41) is 0. The highest BCUT2D eigenvalue weighted by Gasteiger charge is 2.19. The van der Waals surface area contributed by atoms with Crippen molar-refractivity contribution in [1.82, 2.24) is 0 Å². The minimum atomic E-state index is -0.770. The number of allylic oxidation sites excluding steroid dienone is 4. The smallest absolute Gasteiger partial charge is 0.306 e. The van der Waals surface area contributed by atoms with Gasteiger partial charge >= 0.3 is 17.9 Å². The predicted molar refractivity (Wildman–Crippen MR) is 252 cm³/mol. The summed E-state index contributed by atoms with van der Waals surface area (Å²) >= 11 is 0. The zero-order valence-electron chi connectivity index (χ0n) is 39.5. The number of carbonyl (C=O) groups excluding carboxylic acids is 3. The summed E-state index contributed by atoms with van der Waals surface area (Å²) in [6.07, 6.45) is 54.4. The zero-order chi connectivity index (χ0) is 43.0. The van der Waals surface area contributed by atoms with Crippen molar-refractivity contribution in [3.63, 3.8) is 0 Å². The SMILES string of the molecule is CCCCC/C=C\C/C=C\CCCCCCCC(=O)OCC(COC(=O)CCCCCCCCCCCCCC)OC(=O)CCCCCCCCCCCCCCCC. The molecule has 0 amide bonds. The molecule has 0 rings (SSSR count). The fourth-order valence-electron chi connectivity index (χ4n) is 7.53. The Bertz CT molecular complexity index is 958. The summed E-state index contributed by atoms with van der Waals surface area (Å²) in [6.45, 7) is 6.62. The first-order valence-electron chi connectivity index (χ1n) is 25.8. The molecule has 59 heavy (non-hydrogen) atoms. The molecule has 6 heteroatoms. The molecular weight excluding hydrogens is 733 g/mol. The first-order valence-corrected chi connectivity index (χ1v) is 25.8. The Labute approximate surface area is 366 Å². The second-order valence-corrected chi connectivity index (χ2v) is 17.4. The van der Waals surface area contributed by atoms with Crippen LogP contribution < -0.4 is 0 Å². The van der Waals surface area contributed by atoms with E-state index in [4.69, 9.17) is 14.2 Å². The van der Waals surface area contributed by atoms with Gasteiger partial charge in [0, 0.05) is 19.3 Å². The fraction of sp³-hybridized carbons (Fsp3) is 0.868. The van der Waals surface area contributed by atoms with Crippen LogP contribution in [0.1, 0.15) is 278 Å². The van der Waals surface area contributed by atoms with Gasteiger partial charge in [0.15, 0.2) is 6.10 Å². The van der Waals surface area contributed by atoms with Gasteiger partial charge in [0.25, 0.3) is 0 Å². The van der Waals surface area contributed by atoms with Gasteiger partial charge < -0.3 is 14.2 Å². The maximum Gasteiger partial charge on any atom is 0.306 e. The maximum absolute atomic E-state index is 12.8. The van der Waals surface area contributed by atoms with Crippen molar-refractivity contribution in [2.24, 2.45) is 0 Å². The average Bonchev–Trinajstić information content (AvgIpc) is 3.23. The molecule has 0 aliphatic heterocycles. The van der Waals surface area contributed by atoms with Gasteiger partial charge in [0.1, 0.15) is 13.2 Å². The van der Waals surface area contributed by atoms with Gasteiger partial charge in [-0.2, -0.15) is 0 Å². The highest BCUT2D eigenvalue weighted by atomic mass is 16.6. The standard InChI is InChI=1S/C53H98O6/c1-4-7-10-13-16-19-22-25-27-29-31-34-37-40-43-46-52(55)58-49-50(48-57-51(54)45-42-39-36-33-30-24-21-18-15-12-9-6-3)59-53(56)47-44-41-38-35-32-28-26-23-20-17-14-11-8-5-2/h16,19,25,27,50H,4-15,17-18,20-24,26,28-49H2,1-3H3/b19-16-,27-25-. The van der Waals surface area contributed by atoms with Crippen LogP contribution in [0.3, 0.4) is 0 Å². The first kappa shape index (κ1) is 56.9. The summed E-state index contributed by atoms with van der Waals surface area (Å²) in [5.41, 5.74) is 0. The van der Waals surface area contributed by atoms with Gasteiger partial charge in [0.2, 0.25) is 0 Å². The van der Waals surface area contributed by atoms with Crippen molar-refractivity contribution in [3.05, 3.63) is 24.3 Å². The monoisotopic (exact) mass is 831 g/mol. The van der Waals surface area contributed by atoms with E-state index in [1.54, 1.807) is 0 Å². The fourth-order valence-corrected chi connectivity index (χ4v) is 7.53. The van der Waals surface area contributed by atoms with E-state index < -0.39 is 6.10 Å². The van der Waals surface area contributed by atoms with Gasteiger partial charge in [-0.25, -0.2) is 0 Å². The maximum atomic E-state index is 12.8. The molecule has 346 valence electrons. The highest BCUT2D eigenvalue weighted by Crippen LogP contribution is 2.16. The Kier molecular flexibility index (Phi) is 46.8. The molecule has 0 aliphatic carbocycles. The number of ether oxygens (including phenoxy) is 3. The predicted octanol–water partition coefficient (Wildman–Crippen LogP) is 16.8. The van der Waals surface area contributed by atoms with E-state index in [0.29, 0.717) is 19.3 Å². The third kappa shape index (κ3) is 46.8. The van der Waals surface area contributed by atoms with Gasteiger partial charge in [-0.15, -0.1) is 0 Å². The Morgan fingerprint density at radius 2 is 0.610 bits per heavy atom. The number of rotatable bonds is 47. The lowest BCUT2D eigenvalue weighted by Gasteiger charge is -2.18. The zero-order valence-corrected chi connectivity index (χ0v) is 39.5. The van der Waals surface area contributed by atoms with Gasteiger partial charge in [-0.1, -0.05) is 231 Å². The highest BCUT2D eigenvalue weighted by molar-refractivity contribution is 5.71. The number of unbranched alkanes of at least 4 members (excludes halogenated alkanes) is 32. The second-order valence-electron chi connectivity index (χ2n) is 17.4. The molecule has 0 heterocycles. The molecule has 0 radical (unpaired) electrons. The van der Waals surface area contributed by atoms with Crippen LogP contribution in [0.15, 0.2) is 24.3 Å². The van der Waals surface area contributed by atoms with Crippen molar-refractivity contribution in [2.75, 3.05) is 13.2 Å². The molecule has 0 bridgehead atoms. The van der Waals surface area contributed by atoms with Crippen LogP contribution in [0.5, 0.6) is 0 Å². The lowest BCUT2D eigenvalue weighted by atomic mass is 10.0. The first-order chi connectivity index (χ1) is 29.0. The molecule has 1 unspecified atom stereocenters. The molecule has 0 fully saturated rings. The average molecular weight is 831 g/mol. The van der Waals surface area contributed by atoms with E-state index in [-0.39, 0.29) is 31.1 Å². The third-order valence-corrected chi connectivity index (χ3v) is 11.5. The van der Waals surface area contributed by atoms with Gasteiger partial charge in [0.05, 0.1) is 0 Å². The van der Waals surface area contributed by atoms with Gasteiger partial charge in [-0.3, -0.25) is 14.4 Å². The summed E-state index contributed by atoms with van der Waals surface area (Å²) in [7, 11) is 0. The van der Waals surface area contributed by atoms with Gasteiger partial charge in [-0.05, 0) is 51.4 Å². The lowest BCUT2D eigenvalue weighted by Crippen LogP contribution is -2.30. The Hall–Kier alpha value is -2.11. The Balaban J connectivity index is 4.36. The van der Waals surface area contributed by atoms with Crippen LogP contribution in [0, 0.1) is 0 Å². The Morgan fingerprint density at radius 1 is 0.339 bits per heavy atom. The van der Waals surface area contributed by atoms with Crippen molar-refractivity contribution in [3.8, 4) is 0 Å². The van der Waals surface area contributed by atoms with E-state index in [9.17, 15) is 14.4 Å². The lowest BCUT2D eigenvalue weighted by molar-refractivity contribution is -0.167. The van der Waals surface area contributed by atoms with E-state index in [1.165, 1.54) is 161 Å². The molecule has 0 aliphatic rings. The molecular formula is C53H98O6. The summed E-state index contributed by atoms with van der Waals surface area (Å²) in [5.74, 6) is -0.871.